The van der Waals surface area contributed by atoms with Crippen molar-refractivity contribution in [1.29, 1.82) is 0 Å². The molecule has 2 aromatic carbocycles. The van der Waals surface area contributed by atoms with Crippen molar-refractivity contribution in [2.24, 2.45) is 11.7 Å². The lowest BCUT2D eigenvalue weighted by Gasteiger charge is -2.32. The molecule has 5 rings (SSSR count). The molecule has 0 radical (unpaired) electrons. The monoisotopic (exact) mass is 427 g/mol. The Morgan fingerprint density at radius 3 is 2.41 bits per heavy atom. The van der Waals surface area contributed by atoms with E-state index in [1.54, 1.807) is 0 Å². The van der Waals surface area contributed by atoms with E-state index in [4.69, 9.17) is 21.6 Å². The van der Waals surface area contributed by atoms with Crippen LogP contribution in [0.3, 0.4) is 0 Å². The van der Waals surface area contributed by atoms with E-state index in [1.807, 2.05) is 60.7 Å². The highest BCUT2D eigenvalue weighted by Gasteiger charge is 2.38. The molecule has 1 aliphatic carbocycles. The number of fused-ring (bicyclic) bond motifs is 1. The topological polar surface area (TPSA) is 137 Å². The Morgan fingerprint density at radius 1 is 1.00 bits per heavy atom. The standard InChI is InChI=1S/C24H21N5O3/c25-22-20(23(26)30)21(28-29(22)17-10-16(11-17)24(31)32)15-7-6-14-8-9-18(27-19(14)12-15)13-4-2-1-3-5-13/h1-9,12,16-17H,10-11,25H2,(H2,26,30)(H,31,32). The van der Waals surface area contributed by atoms with Crippen molar-refractivity contribution >= 4 is 28.6 Å². The van der Waals surface area contributed by atoms with E-state index in [-0.39, 0.29) is 17.4 Å². The summed E-state index contributed by atoms with van der Waals surface area (Å²) < 4.78 is 1.53. The normalized spacial score (nSPS) is 17.8. The summed E-state index contributed by atoms with van der Waals surface area (Å²) in [5.41, 5.74) is 15.6. The van der Waals surface area contributed by atoms with E-state index < -0.39 is 17.8 Å². The third kappa shape index (κ3) is 3.26. The number of carbonyl (C=O) groups excluding carboxylic acids is 1. The van der Waals surface area contributed by atoms with Gasteiger partial charge in [-0.05, 0) is 25.0 Å². The van der Waals surface area contributed by atoms with Crippen molar-refractivity contribution < 1.29 is 14.7 Å². The Bertz CT molecular complexity index is 1360. The number of nitrogens with two attached hydrogens (primary N) is 2. The Morgan fingerprint density at radius 2 is 1.72 bits per heavy atom. The number of carboxylic acid groups (broad SMARTS) is 1. The number of aliphatic carboxylic acids is 1. The highest BCUT2D eigenvalue weighted by atomic mass is 16.4. The molecular formula is C24H21N5O3. The van der Waals surface area contributed by atoms with Gasteiger partial charge in [0.15, 0.2) is 0 Å². The van der Waals surface area contributed by atoms with Gasteiger partial charge in [-0.2, -0.15) is 5.10 Å². The van der Waals surface area contributed by atoms with E-state index in [1.165, 1.54) is 4.68 Å². The number of benzene rings is 2. The van der Waals surface area contributed by atoms with Crippen LogP contribution in [0.4, 0.5) is 5.82 Å². The molecule has 0 aliphatic heterocycles. The van der Waals surface area contributed by atoms with Crippen molar-refractivity contribution in [2.75, 3.05) is 5.73 Å². The van der Waals surface area contributed by atoms with Crippen LogP contribution in [0.15, 0.2) is 60.7 Å². The first kappa shape index (κ1) is 19.7. The lowest BCUT2D eigenvalue weighted by molar-refractivity contribution is -0.146. The number of pyridine rings is 1. The molecule has 5 N–H and O–H groups in total. The highest BCUT2D eigenvalue weighted by Crippen LogP contribution is 2.41. The van der Waals surface area contributed by atoms with E-state index in [2.05, 4.69) is 5.10 Å². The number of primary amides is 1. The van der Waals surface area contributed by atoms with Gasteiger partial charge in [-0.15, -0.1) is 0 Å². The summed E-state index contributed by atoms with van der Waals surface area (Å²) in [6.07, 6.45) is 0.830. The van der Waals surface area contributed by atoms with Gasteiger partial charge in [-0.25, -0.2) is 9.67 Å². The minimum absolute atomic E-state index is 0.141. The van der Waals surface area contributed by atoms with Crippen molar-refractivity contribution in [2.45, 2.75) is 18.9 Å². The van der Waals surface area contributed by atoms with Gasteiger partial charge in [0.05, 0.1) is 23.2 Å². The Hall–Kier alpha value is -4.20. The molecule has 2 aromatic heterocycles. The zero-order chi connectivity index (χ0) is 22.4. The van der Waals surface area contributed by atoms with Crippen LogP contribution in [-0.2, 0) is 4.79 Å². The van der Waals surface area contributed by atoms with E-state index in [0.29, 0.717) is 24.1 Å². The third-order valence-corrected chi connectivity index (χ3v) is 6.04. The van der Waals surface area contributed by atoms with E-state index >= 15 is 0 Å². The number of nitrogen functional groups attached to an aromatic ring is 1. The first-order valence-corrected chi connectivity index (χ1v) is 10.3. The van der Waals surface area contributed by atoms with Gasteiger partial charge in [0, 0.05) is 16.5 Å². The zero-order valence-corrected chi connectivity index (χ0v) is 17.1. The first-order chi connectivity index (χ1) is 15.4. The summed E-state index contributed by atoms with van der Waals surface area (Å²) in [5.74, 6) is -1.78. The number of hydrogen-bond acceptors (Lipinski definition) is 5. The average Bonchev–Trinajstić information content (AvgIpc) is 3.09. The predicted octanol–water partition coefficient (Wildman–Crippen LogP) is 3.48. The second kappa shape index (κ2) is 7.49. The molecule has 0 bridgehead atoms. The van der Waals surface area contributed by atoms with Gasteiger partial charge in [-0.1, -0.05) is 48.5 Å². The second-order valence-electron chi connectivity index (χ2n) is 8.05. The second-order valence-corrected chi connectivity index (χ2v) is 8.05. The molecule has 1 aliphatic rings. The van der Waals surface area contributed by atoms with Crippen molar-refractivity contribution in [1.82, 2.24) is 14.8 Å². The molecule has 8 heteroatoms. The van der Waals surface area contributed by atoms with Crippen LogP contribution in [0.2, 0.25) is 0 Å². The smallest absolute Gasteiger partial charge is 0.306 e. The van der Waals surface area contributed by atoms with Crippen LogP contribution < -0.4 is 11.5 Å². The number of aromatic nitrogens is 3. The molecule has 1 amide bonds. The number of amides is 1. The number of anilines is 1. The molecule has 0 unspecified atom stereocenters. The molecule has 0 spiro atoms. The molecule has 0 atom stereocenters. The summed E-state index contributed by atoms with van der Waals surface area (Å²) in [6, 6.07) is 19.3. The SMILES string of the molecule is NC(=O)c1c(-c2ccc3ccc(-c4ccccc4)nc3c2)nn(C2CC(C(=O)O)C2)c1N. The highest BCUT2D eigenvalue weighted by molar-refractivity contribution is 6.04. The molecule has 32 heavy (non-hydrogen) atoms. The van der Waals surface area contributed by atoms with Crippen molar-refractivity contribution in [3.63, 3.8) is 0 Å². The lowest BCUT2D eigenvalue weighted by atomic mass is 9.80. The molecule has 1 fully saturated rings. The minimum Gasteiger partial charge on any atom is -0.481 e. The molecule has 0 saturated heterocycles. The van der Waals surface area contributed by atoms with Gasteiger partial charge in [-0.3, -0.25) is 9.59 Å². The molecule has 1 saturated carbocycles. The van der Waals surface area contributed by atoms with E-state index in [0.717, 1.165) is 22.2 Å². The van der Waals surface area contributed by atoms with Gasteiger partial charge < -0.3 is 16.6 Å². The third-order valence-electron chi connectivity index (χ3n) is 6.04. The van der Waals surface area contributed by atoms with Gasteiger partial charge in [0.1, 0.15) is 17.1 Å². The molecule has 160 valence electrons. The number of carboxylic acids is 1. The van der Waals surface area contributed by atoms with Crippen molar-refractivity contribution in [3.8, 4) is 22.5 Å². The lowest BCUT2D eigenvalue weighted by Crippen LogP contribution is -2.33. The van der Waals surface area contributed by atoms with Gasteiger partial charge in [0.2, 0.25) is 0 Å². The van der Waals surface area contributed by atoms with Crippen LogP contribution in [0.25, 0.3) is 33.4 Å². The average molecular weight is 427 g/mol. The van der Waals surface area contributed by atoms with Crippen LogP contribution in [0, 0.1) is 5.92 Å². The summed E-state index contributed by atoms with van der Waals surface area (Å²) >= 11 is 0. The van der Waals surface area contributed by atoms with Crippen LogP contribution in [0.1, 0.15) is 29.2 Å². The summed E-state index contributed by atoms with van der Waals surface area (Å²) in [4.78, 5) is 28.2. The number of carbonyl (C=O) groups is 2. The quantitative estimate of drug-likeness (QED) is 0.446. The van der Waals surface area contributed by atoms with Crippen LogP contribution in [0.5, 0.6) is 0 Å². The summed E-state index contributed by atoms with van der Waals surface area (Å²) in [6.45, 7) is 0. The Labute approximate surface area is 183 Å². The summed E-state index contributed by atoms with van der Waals surface area (Å²) in [7, 11) is 0. The largest absolute Gasteiger partial charge is 0.481 e. The fourth-order valence-corrected chi connectivity index (χ4v) is 4.19. The van der Waals surface area contributed by atoms with Crippen LogP contribution >= 0.6 is 0 Å². The maximum absolute atomic E-state index is 12.2. The minimum atomic E-state index is -0.836. The Kier molecular flexibility index (Phi) is 4.62. The zero-order valence-electron chi connectivity index (χ0n) is 17.1. The first-order valence-electron chi connectivity index (χ1n) is 10.3. The molecular weight excluding hydrogens is 406 g/mol. The van der Waals surface area contributed by atoms with Crippen LogP contribution in [-0.4, -0.2) is 31.7 Å². The van der Waals surface area contributed by atoms with Crippen molar-refractivity contribution in [3.05, 3.63) is 66.2 Å². The molecule has 8 nitrogen and oxygen atoms in total. The van der Waals surface area contributed by atoms with E-state index in [9.17, 15) is 9.59 Å². The number of hydrogen-bond donors (Lipinski definition) is 3. The van der Waals surface area contributed by atoms with Gasteiger partial charge >= 0.3 is 5.97 Å². The summed E-state index contributed by atoms with van der Waals surface area (Å²) in [5, 5.41) is 14.7. The maximum Gasteiger partial charge on any atom is 0.306 e. The fourth-order valence-electron chi connectivity index (χ4n) is 4.19. The maximum atomic E-state index is 12.2. The van der Waals surface area contributed by atoms with Gasteiger partial charge in [0.25, 0.3) is 5.91 Å². The molecule has 4 aromatic rings. The Balaban J connectivity index is 1.57. The predicted molar refractivity (Wildman–Crippen MR) is 121 cm³/mol. The molecule has 2 heterocycles. The number of rotatable bonds is 5. The number of nitrogens with zero attached hydrogens (tertiary/aromatic N) is 3. The fraction of sp³-hybridized carbons (Fsp3) is 0.167.